The molecule has 0 heterocycles. The van der Waals surface area contributed by atoms with Crippen LogP contribution in [0.15, 0.2) is 79.1 Å². The third-order valence-electron chi connectivity index (χ3n) is 3.14. The fraction of sp³-hybridized carbons (Fsp3) is 0. The van der Waals surface area contributed by atoms with Gasteiger partial charge in [0.1, 0.15) is 17.3 Å². The molecule has 0 aromatic heterocycles. The van der Waals surface area contributed by atoms with Crippen molar-refractivity contribution in [3.05, 3.63) is 90.2 Å². The van der Waals surface area contributed by atoms with Crippen molar-refractivity contribution < 1.29 is 20.1 Å². The molecule has 0 atom stereocenters. The maximum atomic E-state index is 11.3. The summed E-state index contributed by atoms with van der Waals surface area (Å²) in [7, 11) is 0. The molecule has 0 amide bonds. The summed E-state index contributed by atoms with van der Waals surface area (Å²) in [5.74, 6) is -0.374. The zero-order valence-electron chi connectivity index (χ0n) is 12.3. The van der Waals surface area contributed by atoms with E-state index in [9.17, 15) is 20.1 Å². The molecule has 0 spiro atoms. The summed E-state index contributed by atoms with van der Waals surface area (Å²) in [6.07, 6.45) is 3.61. The standard InChI is InChI=1S/C19H16O4/c1-2-15(20)11-18(23)12-19(13-3-7-16(21)8-4-13)14-5-9-17(22)10-6-14/h2-12,21-23H,1H2. The minimum atomic E-state index is -0.408. The SMILES string of the molecule is C=CC(=O)C=C(O)C=C(c1ccc(O)cc1)c1ccc(O)cc1. The third-order valence-corrected chi connectivity index (χ3v) is 3.14. The van der Waals surface area contributed by atoms with E-state index in [0.717, 1.165) is 23.3 Å². The van der Waals surface area contributed by atoms with Crippen LogP contribution in [0.25, 0.3) is 5.57 Å². The second-order valence-corrected chi connectivity index (χ2v) is 4.83. The summed E-state index contributed by atoms with van der Waals surface area (Å²) in [4.78, 5) is 11.3. The first-order valence-electron chi connectivity index (χ1n) is 6.87. The first-order chi connectivity index (χ1) is 11.0. The van der Waals surface area contributed by atoms with Crippen LogP contribution < -0.4 is 0 Å². The monoisotopic (exact) mass is 308 g/mol. The molecule has 2 aromatic rings. The molecule has 0 fully saturated rings. The molecule has 116 valence electrons. The molecule has 23 heavy (non-hydrogen) atoms. The zero-order chi connectivity index (χ0) is 16.8. The van der Waals surface area contributed by atoms with Crippen molar-refractivity contribution in [1.82, 2.24) is 0 Å². The van der Waals surface area contributed by atoms with Gasteiger partial charge in [0.2, 0.25) is 0 Å². The van der Waals surface area contributed by atoms with Crippen LogP contribution in [-0.4, -0.2) is 21.1 Å². The summed E-state index contributed by atoms with van der Waals surface area (Å²) in [5, 5.41) is 28.8. The van der Waals surface area contributed by atoms with Crippen molar-refractivity contribution in [3.63, 3.8) is 0 Å². The molecule has 0 aliphatic heterocycles. The summed E-state index contributed by atoms with van der Waals surface area (Å²) < 4.78 is 0. The number of aliphatic hydroxyl groups is 1. The lowest BCUT2D eigenvalue weighted by Crippen LogP contribution is -1.92. The number of aromatic hydroxyl groups is 2. The summed E-state index contributed by atoms with van der Waals surface area (Å²) in [6, 6.07) is 12.9. The van der Waals surface area contributed by atoms with E-state index < -0.39 is 5.78 Å². The summed E-state index contributed by atoms with van der Waals surface area (Å²) >= 11 is 0. The number of allylic oxidation sites excluding steroid dienone is 3. The van der Waals surface area contributed by atoms with Crippen molar-refractivity contribution in [3.8, 4) is 11.5 Å². The Morgan fingerprint density at radius 3 is 1.65 bits per heavy atom. The molecule has 0 aliphatic rings. The van der Waals surface area contributed by atoms with Gasteiger partial charge in [0.05, 0.1) is 0 Å². The lowest BCUT2D eigenvalue weighted by atomic mass is 9.97. The zero-order valence-corrected chi connectivity index (χ0v) is 12.3. The Balaban J connectivity index is 2.53. The Labute approximate surface area is 134 Å². The first-order valence-corrected chi connectivity index (χ1v) is 6.87. The van der Waals surface area contributed by atoms with Crippen LogP contribution in [0.1, 0.15) is 11.1 Å². The van der Waals surface area contributed by atoms with E-state index in [4.69, 9.17) is 0 Å². The molecule has 0 unspecified atom stereocenters. The lowest BCUT2D eigenvalue weighted by Gasteiger charge is -2.09. The van der Waals surface area contributed by atoms with Crippen LogP contribution in [0.4, 0.5) is 0 Å². The van der Waals surface area contributed by atoms with E-state index in [1.165, 1.54) is 30.3 Å². The first kappa shape index (κ1) is 16.1. The molecule has 3 N–H and O–H groups in total. The average molecular weight is 308 g/mol. The van der Waals surface area contributed by atoms with Crippen LogP contribution in [0.3, 0.4) is 0 Å². The quantitative estimate of drug-likeness (QED) is 0.447. The number of carbonyl (C=O) groups excluding carboxylic acids is 1. The minimum Gasteiger partial charge on any atom is -0.508 e. The number of benzene rings is 2. The van der Waals surface area contributed by atoms with Gasteiger partial charge in [0.15, 0.2) is 5.78 Å². The van der Waals surface area contributed by atoms with Gasteiger partial charge in [-0.25, -0.2) is 0 Å². The molecule has 0 bridgehead atoms. The van der Waals surface area contributed by atoms with Gasteiger partial charge in [-0.3, -0.25) is 4.79 Å². The smallest absolute Gasteiger partial charge is 0.181 e. The lowest BCUT2D eigenvalue weighted by molar-refractivity contribution is -0.110. The molecule has 0 radical (unpaired) electrons. The molecular formula is C19H16O4. The molecule has 0 saturated carbocycles. The molecule has 4 nitrogen and oxygen atoms in total. The fourth-order valence-electron chi connectivity index (χ4n) is 2.01. The van der Waals surface area contributed by atoms with E-state index in [0.29, 0.717) is 5.57 Å². The Hall–Kier alpha value is -3.27. The fourth-order valence-corrected chi connectivity index (χ4v) is 2.01. The molecule has 2 aromatic carbocycles. The highest BCUT2D eigenvalue weighted by molar-refractivity contribution is 5.99. The predicted molar refractivity (Wildman–Crippen MR) is 89.2 cm³/mol. The highest BCUT2D eigenvalue weighted by atomic mass is 16.3. The molecule has 2 rings (SSSR count). The van der Waals surface area contributed by atoms with Gasteiger partial charge in [-0.2, -0.15) is 0 Å². The van der Waals surface area contributed by atoms with E-state index in [2.05, 4.69) is 6.58 Å². The van der Waals surface area contributed by atoms with Crippen molar-refractivity contribution in [1.29, 1.82) is 0 Å². The Morgan fingerprint density at radius 1 is 0.826 bits per heavy atom. The third kappa shape index (κ3) is 4.35. The van der Waals surface area contributed by atoms with Crippen LogP contribution in [0, 0.1) is 0 Å². The highest BCUT2D eigenvalue weighted by Gasteiger charge is 2.07. The molecular weight excluding hydrogens is 292 g/mol. The number of phenols is 2. The van der Waals surface area contributed by atoms with E-state index >= 15 is 0 Å². The van der Waals surface area contributed by atoms with Gasteiger partial charge in [0.25, 0.3) is 0 Å². The maximum Gasteiger partial charge on any atom is 0.181 e. The van der Waals surface area contributed by atoms with Gasteiger partial charge in [-0.05, 0) is 53.1 Å². The predicted octanol–water partition coefficient (Wildman–Crippen LogP) is 3.73. The second kappa shape index (κ2) is 7.13. The molecule has 0 saturated heterocycles. The van der Waals surface area contributed by atoms with Crippen molar-refractivity contribution >= 4 is 11.4 Å². The molecule has 4 heteroatoms. The van der Waals surface area contributed by atoms with Gasteiger partial charge in [-0.1, -0.05) is 30.8 Å². The van der Waals surface area contributed by atoms with Gasteiger partial charge < -0.3 is 15.3 Å². The number of ketones is 1. The van der Waals surface area contributed by atoms with Crippen molar-refractivity contribution in [2.24, 2.45) is 0 Å². The van der Waals surface area contributed by atoms with Crippen LogP contribution in [0.2, 0.25) is 0 Å². The Kier molecular flexibility index (Phi) is 5.00. The Morgan fingerprint density at radius 2 is 1.26 bits per heavy atom. The van der Waals surface area contributed by atoms with Gasteiger partial charge in [-0.15, -0.1) is 0 Å². The average Bonchev–Trinajstić information content (AvgIpc) is 2.54. The maximum absolute atomic E-state index is 11.3. The number of hydrogen-bond acceptors (Lipinski definition) is 4. The van der Waals surface area contributed by atoms with Gasteiger partial charge in [0, 0.05) is 6.08 Å². The highest BCUT2D eigenvalue weighted by Crippen LogP contribution is 2.27. The number of phenolic OH excluding ortho intramolecular Hbond substituents is 2. The van der Waals surface area contributed by atoms with Gasteiger partial charge >= 0.3 is 0 Å². The van der Waals surface area contributed by atoms with Crippen molar-refractivity contribution in [2.75, 3.05) is 0 Å². The van der Waals surface area contributed by atoms with Crippen molar-refractivity contribution in [2.45, 2.75) is 0 Å². The summed E-state index contributed by atoms with van der Waals surface area (Å²) in [5.41, 5.74) is 2.11. The minimum absolute atomic E-state index is 0.125. The number of rotatable bonds is 5. The van der Waals surface area contributed by atoms with E-state index in [1.807, 2.05) is 0 Å². The molecule has 0 aliphatic carbocycles. The number of carbonyl (C=O) groups is 1. The van der Waals surface area contributed by atoms with Crippen LogP contribution >= 0.6 is 0 Å². The largest absolute Gasteiger partial charge is 0.508 e. The van der Waals surface area contributed by atoms with Crippen LogP contribution in [0.5, 0.6) is 11.5 Å². The van der Waals surface area contributed by atoms with Crippen LogP contribution in [-0.2, 0) is 4.79 Å². The van der Waals surface area contributed by atoms with E-state index in [1.54, 1.807) is 24.3 Å². The second-order valence-electron chi connectivity index (χ2n) is 4.83. The topological polar surface area (TPSA) is 77.8 Å². The number of aliphatic hydroxyl groups excluding tert-OH is 1. The van der Waals surface area contributed by atoms with E-state index in [-0.39, 0.29) is 17.3 Å². The number of hydrogen-bond donors (Lipinski definition) is 3. The Bertz CT molecular complexity index is 719. The summed E-state index contributed by atoms with van der Waals surface area (Å²) in [6.45, 7) is 3.35. The normalized spacial score (nSPS) is 10.9.